The Hall–Kier alpha value is -3.66. The van der Waals surface area contributed by atoms with Crippen LogP contribution in [0, 0.1) is 0 Å². The van der Waals surface area contributed by atoms with E-state index in [2.05, 4.69) is 15.6 Å². The molecule has 1 amide bonds. The molecule has 4 rings (SSSR count). The van der Waals surface area contributed by atoms with Gasteiger partial charge in [0.15, 0.2) is 5.69 Å². The predicted octanol–water partition coefficient (Wildman–Crippen LogP) is 5.10. The van der Waals surface area contributed by atoms with Crippen LogP contribution in [0.5, 0.6) is 0 Å². The maximum absolute atomic E-state index is 13.1. The largest absolute Gasteiger partial charge is 0.416 e. The van der Waals surface area contributed by atoms with E-state index in [4.69, 9.17) is 5.73 Å². The Morgan fingerprint density at radius 2 is 1.94 bits per heavy atom. The van der Waals surface area contributed by atoms with E-state index in [1.165, 1.54) is 23.0 Å². The van der Waals surface area contributed by atoms with Crippen LogP contribution in [0.4, 0.5) is 24.5 Å². The molecule has 0 fully saturated rings. The van der Waals surface area contributed by atoms with Gasteiger partial charge in [0.05, 0.1) is 23.1 Å². The summed E-state index contributed by atoms with van der Waals surface area (Å²) in [6, 6.07) is 14.6. The number of aryl methyl sites for hydroxylation is 2. The fraction of sp³-hybridized carbons (Fsp3) is 0.136. The van der Waals surface area contributed by atoms with Crippen molar-refractivity contribution in [2.45, 2.75) is 19.1 Å². The summed E-state index contributed by atoms with van der Waals surface area (Å²) in [7, 11) is 0. The zero-order valence-electron chi connectivity index (χ0n) is 16.6. The highest BCUT2D eigenvalue weighted by Crippen LogP contribution is 2.32. The summed E-state index contributed by atoms with van der Waals surface area (Å²) in [6.07, 6.45) is -2.94. The van der Waals surface area contributed by atoms with Crippen LogP contribution in [-0.2, 0) is 19.1 Å². The van der Waals surface area contributed by atoms with Crippen LogP contribution < -0.4 is 11.1 Å². The van der Waals surface area contributed by atoms with E-state index >= 15 is 0 Å². The number of amides is 1. The summed E-state index contributed by atoms with van der Waals surface area (Å²) >= 11 is 1.57. The average Bonchev–Trinajstić information content (AvgIpc) is 3.46. The average molecular weight is 457 g/mol. The van der Waals surface area contributed by atoms with Crippen molar-refractivity contribution in [3.63, 3.8) is 0 Å². The van der Waals surface area contributed by atoms with Crippen molar-refractivity contribution >= 4 is 28.6 Å². The number of nitrogens with zero attached hydrogens (tertiary/aromatic N) is 3. The zero-order valence-corrected chi connectivity index (χ0v) is 17.5. The van der Waals surface area contributed by atoms with E-state index in [-0.39, 0.29) is 24.2 Å². The van der Waals surface area contributed by atoms with Gasteiger partial charge in [-0.1, -0.05) is 35.5 Å². The molecule has 0 aliphatic heterocycles. The van der Waals surface area contributed by atoms with Crippen molar-refractivity contribution in [3.8, 4) is 10.4 Å². The fourth-order valence-electron chi connectivity index (χ4n) is 3.21. The molecule has 0 radical (unpaired) electrons. The second-order valence-corrected chi connectivity index (χ2v) is 7.95. The molecule has 3 N–H and O–H groups in total. The van der Waals surface area contributed by atoms with Crippen molar-refractivity contribution in [3.05, 3.63) is 83.0 Å². The molecule has 0 bridgehead atoms. The van der Waals surface area contributed by atoms with Gasteiger partial charge in [-0.15, -0.1) is 16.4 Å². The highest BCUT2D eigenvalue weighted by molar-refractivity contribution is 7.13. The number of hydrogen-bond acceptors (Lipinski definition) is 5. The van der Waals surface area contributed by atoms with Crippen molar-refractivity contribution in [1.82, 2.24) is 15.0 Å². The standard InChI is InChI=1S/C22H18F3N5OS/c23-22(24,25)16-5-2-1-4-14(16)9-10-30-13-19(28-29-30)21(31)27-18-12-15(7-8-17(18)26)20-6-3-11-32-20/h1-8,11-13H,9-10,26H2,(H,27,31). The summed E-state index contributed by atoms with van der Waals surface area (Å²) in [5.41, 5.74) is 7.25. The Kier molecular flexibility index (Phi) is 5.95. The predicted molar refractivity (Wildman–Crippen MR) is 117 cm³/mol. The van der Waals surface area contributed by atoms with E-state index in [1.54, 1.807) is 29.5 Å². The first-order chi connectivity index (χ1) is 15.3. The number of anilines is 2. The lowest BCUT2D eigenvalue weighted by molar-refractivity contribution is -0.138. The molecule has 10 heteroatoms. The summed E-state index contributed by atoms with van der Waals surface area (Å²) in [5.74, 6) is -0.512. The monoisotopic (exact) mass is 457 g/mol. The molecule has 2 heterocycles. The van der Waals surface area contributed by atoms with Crippen molar-refractivity contribution in [2.75, 3.05) is 11.1 Å². The van der Waals surface area contributed by atoms with E-state index < -0.39 is 17.6 Å². The molecule has 0 saturated heterocycles. The smallest absolute Gasteiger partial charge is 0.397 e. The molecule has 164 valence electrons. The number of benzene rings is 2. The third kappa shape index (κ3) is 4.80. The molecule has 0 atom stereocenters. The van der Waals surface area contributed by atoms with Crippen LogP contribution >= 0.6 is 11.3 Å². The van der Waals surface area contributed by atoms with Gasteiger partial charge in [0.25, 0.3) is 5.91 Å². The van der Waals surface area contributed by atoms with Gasteiger partial charge in [-0.25, -0.2) is 0 Å². The van der Waals surface area contributed by atoms with Gasteiger partial charge in [0.2, 0.25) is 0 Å². The van der Waals surface area contributed by atoms with Gasteiger partial charge in [0, 0.05) is 11.4 Å². The van der Waals surface area contributed by atoms with Gasteiger partial charge < -0.3 is 11.1 Å². The minimum Gasteiger partial charge on any atom is -0.397 e. The Balaban J connectivity index is 1.45. The van der Waals surface area contributed by atoms with E-state index in [9.17, 15) is 18.0 Å². The maximum Gasteiger partial charge on any atom is 0.416 e. The zero-order chi connectivity index (χ0) is 22.7. The molecule has 0 spiro atoms. The number of carbonyl (C=O) groups excluding carboxylic acids is 1. The quantitative estimate of drug-likeness (QED) is 0.395. The first-order valence-corrected chi connectivity index (χ1v) is 10.5. The van der Waals surface area contributed by atoms with Crippen LogP contribution in [0.15, 0.2) is 66.2 Å². The number of hydrogen-bond donors (Lipinski definition) is 2. The second kappa shape index (κ2) is 8.83. The number of nitrogens with two attached hydrogens (primary N) is 1. The fourth-order valence-corrected chi connectivity index (χ4v) is 3.93. The number of nitrogens with one attached hydrogen (secondary N) is 1. The number of alkyl halides is 3. The van der Waals surface area contributed by atoms with Gasteiger partial charge in [-0.2, -0.15) is 13.2 Å². The normalized spacial score (nSPS) is 11.5. The molecule has 2 aromatic carbocycles. The summed E-state index contributed by atoms with van der Waals surface area (Å²) in [6.45, 7) is 0.142. The van der Waals surface area contributed by atoms with Gasteiger partial charge in [0.1, 0.15) is 0 Å². The molecule has 6 nitrogen and oxygen atoms in total. The number of carbonyl (C=O) groups is 1. The van der Waals surface area contributed by atoms with Crippen LogP contribution in [0.25, 0.3) is 10.4 Å². The number of aromatic nitrogens is 3. The lowest BCUT2D eigenvalue weighted by atomic mass is 10.0. The number of thiophene rings is 1. The Bertz CT molecular complexity index is 1230. The van der Waals surface area contributed by atoms with E-state index in [0.29, 0.717) is 11.4 Å². The lowest BCUT2D eigenvalue weighted by Gasteiger charge is -2.12. The van der Waals surface area contributed by atoms with Crippen LogP contribution in [0.3, 0.4) is 0 Å². The number of rotatable bonds is 6. The Morgan fingerprint density at radius 1 is 1.12 bits per heavy atom. The van der Waals surface area contributed by atoms with Gasteiger partial charge in [-0.3, -0.25) is 9.48 Å². The molecule has 4 aromatic rings. The molecule has 0 unspecified atom stereocenters. The molecule has 0 aliphatic rings. The third-order valence-electron chi connectivity index (χ3n) is 4.81. The molecule has 32 heavy (non-hydrogen) atoms. The second-order valence-electron chi connectivity index (χ2n) is 7.01. The highest BCUT2D eigenvalue weighted by atomic mass is 32.1. The molecular weight excluding hydrogens is 439 g/mol. The Labute approximate surface area is 185 Å². The van der Waals surface area contributed by atoms with Gasteiger partial charge >= 0.3 is 6.18 Å². The summed E-state index contributed by atoms with van der Waals surface area (Å²) < 4.78 is 40.8. The number of nitrogen functional groups attached to an aromatic ring is 1. The van der Waals surface area contributed by atoms with Crippen LogP contribution in [-0.4, -0.2) is 20.9 Å². The molecule has 0 saturated carbocycles. The van der Waals surface area contributed by atoms with Crippen molar-refractivity contribution in [1.29, 1.82) is 0 Å². The minimum atomic E-state index is -4.43. The van der Waals surface area contributed by atoms with Gasteiger partial charge in [-0.05, 0) is 47.2 Å². The topological polar surface area (TPSA) is 85.8 Å². The van der Waals surface area contributed by atoms with E-state index in [1.807, 2.05) is 23.6 Å². The Morgan fingerprint density at radius 3 is 2.69 bits per heavy atom. The lowest BCUT2D eigenvalue weighted by Crippen LogP contribution is -2.14. The van der Waals surface area contributed by atoms with Crippen LogP contribution in [0.2, 0.25) is 0 Å². The molecule has 0 aliphatic carbocycles. The maximum atomic E-state index is 13.1. The van der Waals surface area contributed by atoms with Crippen molar-refractivity contribution < 1.29 is 18.0 Å². The first kappa shape index (κ1) is 21.6. The minimum absolute atomic E-state index is 0.0371. The highest BCUT2D eigenvalue weighted by Gasteiger charge is 2.32. The van der Waals surface area contributed by atoms with Crippen LogP contribution in [0.1, 0.15) is 21.6 Å². The first-order valence-electron chi connectivity index (χ1n) is 9.61. The third-order valence-corrected chi connectivity index (χ3v) is 5.73. The summed E-state index contributed by atoms with van der Waals surface area (Å²) in [4.78, 5) is 13.6. The number of halogens is 3. The SMILES string of the molecule is Nc1ccc(-c2cccs2)cc1NC(=O)c1cn(CCc2ccccc2C(F)(F)F)nn1. The molecular formula is C22H18F3N5OS. The summed E-state index contributed by atoms with van der Waals surface area (Å²) in [5, 5.41) is 12.4. The van der Waals surface area contributed by atoms with Crippen molar-refractivity contribution in [2.24, 2.45) is 0 Å². The van der Waals surface area contributed by atoms with E-state index in [0.717, 1.165) is 16.5 Å². The molecule has 2 aromatic heterocycles.